The van der Waals surface area contributed by atoms with Crippen LogP contribution < -0.4 is 15.2 Å². The number of nitro groups is 1. The summed E-state index contributed by atoms with van der Waals surface area (Å²) in [5, 5.41) is 10.7. The lowest BCUT2D eigenvalue weighted by Gasteiger charge is -2.12. The normalized spacial score (nSPS) is 11.1. The molecule has 20 heavy (non-hydrogen) atoms. The number of benzene rings is 1. The lowest BCUT2D eigenvalue weighted by molar-refractivity contribution is -0.422. The van der Waals surface area contributed by atoms with E-state index in [-0.39, 0.29) is 28.8 Å². The maximum absolute atomic E-state index is 10.7. The molecule has 0 unspecified atom stereocenters. The topological polar surface area (TPSA) is 105 Å². The Morgan fingerprint density at radius 1 is 1.55 bits per heavy atom. The van der Waals surface area contributed by atoms with Crippen LogP contribution in [0.25, 0.3) is 6.08 Å². The average molecular weight is 301 g/mol. The van der Waals surface area contributed by atoms with Crippen molar-refractivity contribution in [1.29, 1.82) is 0 Å². The van der Waals surface area contributed by atoms with E-state index in [4.69, 9.17) is 26.8 Å². The van der Waals surface area contributed by atoms with E-state index in [9.17, 15) is 14.9 Å². The maximum Gasteiger partial charge on any atom is 0.255 e. The zero-order chi connectivity index (χ0) is 15.3. The second-order valence-corrected chi connectivity index (χ2v) is 4.24. The van der Waals surface area contributed by atoms with Gasteiger partial charge in [-0.05, 0) is 17.7 Å². The zero-order valence-electron chi connectivity index (χ0n) is 10.9. The number of halogens is 1. The van der Waals surface area contributed by atoms with Gasteiger partial charge in [0.05, 0.1) is 17.1 Å². The average Bonchev–Trinajstić information content (AvgIpc) is 2.36. The minimum atomic E-state index is -0.656. The van der Waals surface area contributed by atoms with Crippen molar-refractivity contribution >= 4 is 23.6 Å². The molecule has 0 saturated heterocycles. The molecule has 0 atom stereocenters. The van der Waals surface area contributed by atoms with Gasteiger partial charge in [-0.2, -0.15) is 0 Å². The van der Waals surface area contributed by atoms with E-state index in [0.717, 1.165) is 0 Å². The van der Waals surface area contributed by atoms with E-state index in [2.05, 4.69) is 0 Å². The largest absolute Gasteiger partial charge is 0.493 e. The molecule has 0 radical (unpaired) electrons. The third-order valence-corrected chi connectivity index (χ3v) is 2.55. The van der Waals surface area contributed by atoms with Crippen LogP contribution in [0.3, 0.4) is 0 Å². The zero-order valence-corrected chi connectivity index (χ0v) is 11.6. The fourth-order valence-corrected chi connectivity index (χ4v) is 1.67. The Bertz CT molecular complexity index is 571. The number of hydrogen-bond acceptors (Lipinski definition) is 5. The van der Waals surface area contributed by atoms with Crippen molar-refractivity contribution in [2.75, 3.05) is 13.7 Å². The summed E-state index contributed by atoms with van der Waals surface area (Å²) in [5.74, 6) is -0.249. The van der Waals surface area contributed by atoms with Gasteiger partial charge in [-0.15, -0.1) is 0 Å². The van der Waals surface area contributed by atoms with Gasteiger partial charge in [0, 0.05) is 13.0 Å². The van der Waals surface area contributed by atoms with Crippen LogP contribution in [-0.4, -0.2) is 24.5 Å². The van der Waals surface area contributed by atoms with Crippen LogP contribution in [0, 0.1) is 10.1 Å². The molecule has 1 aromatic carbocycles. The molecule has 2 N–H and O–H groups in total. The highest BCUT2D eigenvalue weighted by molar-refractivity contribution is 6.32. The van der Waals surface area contributed by atoms with Gasteiger partial charge in [0.1, 0.15) is 0 Å². The highest BCUT2D eigenvalue weighted by Gasteiger charge is 2.13. The second-order valence-electron chi connectivity index (χ2n) is 3.83. The molecule has 1 aromatic rings. The third-order valence-electron chi connectivity index (χ3n) is 2.27. The van der Waals surface area contributed by atoms with Crippen molar-refractivity contribution < 1.29 is 19.2 Å². The van der Waals surface area contributed by atoms with Crippen molar-refractivity contribution in [3.8, 4) is 11.5 Å². The Balaban J connectivity index is 3.16. The van der Waals surface area contributed by atoms with E-state index in [1.54, 1.807) is 0 Å². The first kappa shape index (κ1) is 15.8. The Kier molecular flexibility index (Phi) is 5.33. The quantitative estimate of drug-likeness (QED) is 0.637. The summed E-state index contributed by atoms with van der Waals surface area (Å²) in [6.07, 6.45) is 1.34. The van der Waals surface area contributed by atoms with Gasteiger partial charge < -0.3 is 15.2 Å². The van der Waals surface area contributed by atoms with E-state index in [1.807, 2.05) is 0 Å². The van der Waals surface area contributed by atoms with Crippen molar-refractivity contribution in [3.05, 3.63) is 38.5 Å². The molecular formula is C12H13ClN2O5. The van der Waals surface area contributed by atoms with Gasteiger partial charge in [0.15, 0.2) is 18.1 Å². The van der Waals surface area contributed by atoms with E-state index in [1.165, 1.54) is 32.2 Å². The molecule has 1 rings (SSSR count). The van der Waals surface area contributed by atoms with Crippen LogP contribution in [0.4, 0.5) is 0 Å². The van der Waals surface area contributed by atoms with Gasteiger partial charge in [0.2, 0.25) is 5.70 Å². The number of methoxy groups -OCH3 is 1. The van der Waals surface area contributed by atoms with Crippen LogP contribution in [0.5, 0.6) is 11.5 Å². The number of carbonyl (C=O) groups is 1. The minimum Gasteiger partial charge on any atom is -0.493 e. The number of nitrogens with two attached hydrogens (primary N) is 1. The summed E-state index contributed by atoms with van der Waals surface area (Å²) >= 11 is 6.00. The van der Waals surface area contributed by atoms with Crippen LogP contribution >= 0.6 is 11.6 Å². The SMILES string of the molecule is COc1cc(C=C(C)[N+](=O)[O-])cc(Cl)c1OCC(N)=O. The van der Waals surface area contributed by atoms with Crippen molar-refractivity contribution in [2.45, 2.75) is 6.92 Å². The van der Waals surface area contributed by atoms with Gasteiger partial charge in [0.25, 0.3) is 5.91 Å². The second kappa shape index (κ2) is 6.76. The Hall–Kier alpha value is -2.28. The summed E-state index contributed by atoms with van der Waals surface area (Å²) in [6.45, 7) is 1.01. The number of hydrogen-bond donors (Lipinski definition) is 1. The third kappa shape index (κ3) is 4.13. The maximum atomic E-state index is 10.7. The molecule has 0 aliphatic rings. The molecule has 0 aliphatic carbocycles. The lowest BCUT2D eigenvalue weighted by atomic mass is 10.1. The number of carbonyl (C=O) groups excluding carboxylic acids is 1. The number of ether oxygens (including phenoxy) is 2. The molecule has 108 valence electrons. The summed E-state index contributed by atoms with van der Waals surface area (Å²) < 4.78 is 10.2. The standard InChI is InChI=1S/C12H13ClN2O5/c1-7(15(17)18)3-8-4-9(13)12(10(5-8)19-2)20-6-11(14)16/h3-5H,6H2,1-2H3,(H2,14,16). The molecule has 0 heterocycles. The van der Waals surface area contributed by atoms with Gasteiger partial charge in [-0.3, -0.25) is 14.9 Å². The predicted molar refractivity (Wildman–Crippen MR) is 73.3 cm³/mol. The summed E-state index contributed by atoms with van der Waals surface area (Å²) in [6, 6.07) is 2.97. The fraction of sp³-hybridized carbons (Fsp3) is 0.250. The van der Waals surface area contributed by atoms with Gasteiger partial charge in [-0.1, -0.05) is 11.6 Å². The summed E-state index contributed by atoms with van der Waals surface area (Å²) in [7, 11) is 1.39. The molecule has 0 fully saturated rings. The molecule has 7 nitrogen and oxygen atoms in total. The minimum absolute atomic E-state index is 0.0473. The smallest absolute Gasteiger partial charge is 0.255 e. The van der Waals surface area contributed by atoms with Crippen molar-refractivity contribution in [1.82, 2.24) is 0 Å². The summed E-state index contributed by atoms with van der Waals surface area (Å²) in [5.41, 5.74) is 5.41. The molecule has 0 aromatic heterocycles. The highest BCUT2D eigenvalue weighted by Crippen LogP contribution is 2.36. The molecule has 1 amide bonds. The van der Waals surface area contributed by atoms with Crippen molar-refractivity contribution in [3.63, 3.8) is 0 Å². The molecule has 0 saturated carbocycles. The molecule has 0 aliphatic heterocycles. The van der Waals surface area contributed by atoms with Crippen LogP contribution in [0.2, 0.25) is 5.02 Å². The summed E-state index contributed by atoms with van der Waals surface area (Å²) in [4.78, 5) is 20.8. The first-order chi connectivity index (χ1) is 9.35. The number of rotatable bonds is 6. The van der Waals surface area contributed by atoms with Gasteiger partial charge in [-0.25, -0.2) is 0 Å². The molecule has 8 heteroatoms. The van der Waals surface area contributed by atoms with E-state index in [0.29, 0.717) is 5.56 Å². The van der Waals surface area contributed by atoms with E-state index < -0.39 is 10.8 Å². The molecule has 0 spiro atoms. The highest BCUT2D eigenvalue weighted by atomic mass is 35.5. The van der Waals surface area contributed by atoms with Crippen LogP contribution in [0.1, 0.15) is 12.5 Å². The first-order valence-electron chi connectivity index (χ1n) is 5.46. The number of primary amides is 1. The van der Waals surface area contributed by atoms with E-state index >= 15 is 0 Å². The predicted octanol–water partition coefficient (Wildman–Crippen LogP) is 1.85. The van der Waals surface area contributed by atoms with Crippen LogP contribution in [-0.2, 0) is 4.79 Å². The monoisotopic (exact) mass is 300 g/mol. The lowest BCUT2D eigenvalue weighted by Crippen LogP contribution is -2.20. The molecular weight excluding hydrogens is 288 g/mol. The number of allylic oxidation sites excluding steroid dienone is 1. The molecule has 0 bridgehead atoms. The van der Waals surface area contributed by atoms with Crippen molar-refractivity contribution in [2.24, 2.45) is 5.73 Å². The van der Waals surface area contributed by atoms with Gasteiger partial charge >= 0.3 is 0 Å². The van der Waals surface area contributed by atoms with Crippen LogP contribution in [0.15, 0.2) is 17.8 Å². The Morgan fingerprint density at radius 2 is 2.20 bits per heavy atom. The number of nitrogens with zero attached hydrogens (tertiary/aromatic N) is 1. The fourth-order valence-electron chi connectivity index (χ4n) is 1.40. The number of amides is 1. The first-order valence-corrected chi connectivity index (χ1v) is 5.84. The Labute approximate surface area is 120 Å². The Morgan fingerprint density at radius 3 is 2.70 bits per heavy atom.